The van der Waals surface area contributed by atoms with Crippen molar-refractivity contribution in [1.82, 2.24) is 0 Å². The van der Waals surface area contributed by atoms with E-state index >= 15 is 0 Å². The molecule has 0 saturated heterocycles. The highest BCUT2D eigenvalue weighted by Crippen LogP contribution is 2.55. The summed E-state index contributed by atoms with van der Waals surface area (Å²) < 4.78 is 112. The zero-order valence-corrected chi connectivity index (χ0v) is 12.7. The van der Waals surface area contributed by atoms with Crippen LogP contribution in [0.4, 0.5) is 39.5 Å². The Morgan fingerprint density at radius 3 is 1.35 bits per heavy atom. The average molecular weight is 430 g/mol. The zero-order valence-electron chi connectivity index (χ0n) is 10.6. The lowest BCUT2D eigenvalue weighted by Crippen LogP contribution is -2.61. The second kappa shape index (κ2) is 5.38. The van der Waals surface area contributed by atoms with E-state index in [1.165, 1.54) is 43.4 Å². The van der Waals surface area contributed by atoms with Gasteiger partial charge in [0.1, 0.15) is 0 Å². The second-order valence-electron chi connectivity index (χ2n) is 5.39. The van der Waals surface area contributed by atoms with Crippen molar-refractivity contribution in [3.05, 3.63) is 0 Å². The Hall–Kier alpha value is 0.1000. The van der Waals surface area contributed by atoms with Gasteiger partial charge in [0.15, 0.2) is 0 Å². The van der Waals surface area contributed by atoms with Crippen LogP contribution in [0, 0.1) is 5.41 Å². The summed E-state index contributed by atoms with van der Waals surface area (Å²) in [5.74, 6) is -18.8. The zero-order chi connectivity index (χ0) is 16.8. The standard InChI is InChI=1S/C10H12F9I/c1-6(2,3)5(20)4-7(11,12)8(13,14)9(15,16)10(17,18)19/h5H,4H2,1-3H3/t5-/m1/s1. The maximum absolute atomic E-state index is 13.3. The van der Waals surface area contributed by atoms with Crippen molar-refractivity contribution < 1.29 is 39.5 Å². The smallest absolute Gasteiger partial charge is 0.200 e. The van der Waals surface area contributed by atoms with Gasteiger partial charge in [-0.2, -0.15) is 39.5 Å². The molecule has 0 aliphatic carbocycles. The monoisotopic (exact) mass is 430 g/mol. The van der Waals surface area contributed by atoms with Crippen molar-refractivity contribution in [2.45, 2.75) is 55.1 Å². The quantitative estimate of drug-likeness (QED) is 0.305. The lowest BCUT2D eigenvalue weighted by Gasteiger charge is -2.36. The van der Waals surface area contributed by atoms with Gasteiger partial charge in [0.25, 0.3) is 0 Å². The molecule has 0 aliphatic heterocycles. The van der Waals surface area contributed by atoms with Crippen LogP contribution in [0.25, 0.3) is 0 Å². The van der Waals surface area contributed by atoms with Gasteiger partial charge in [-0.05, 0) is 5.41 Å². The van der Waals surface area contributed by atoms with Gasteiger partial charge in [-0.25, -0.2) is 0 Å². The minimum Gasteiger partial charge on any atom is -0.200 e. The van der Waals surface area contributed by atoms with Crippen LogP contribution < -0.4 is 0 Å². The van der Waals surface area contributed by atoms with Crippen LogP contribution >= 0.6 is 22.6 Å². The summed E-state index contributed by atoms with van der Waals surface area (Å²) in [5, 5.41) is 0. The predicted octanol–water partition coefficient (Wildman–Crippen LogP) is 5.69. The molecule has 0 aromatic rings. The third kappa shape index (κ3) is 3.65. The van der Waals surface area contributed by atoms with Crippen molar-refractivity contribution >= 4 is 22.6 Å². The van der Waals surface area contributed by atoms with Gasteiger partial charge in [-0.1, -0.05) is 43.4 Å². The number of rotatable bonds is 4. The maximum Gasteiger partial charge on any atom is 0.460 e. The Bertz CT molecular complexity index is 340. The Balaban J connectivity index is 5.48. The fraction of sp³-hybridized carbons (Fsp3) is 1.00. The van der Waals surface area contributed by atoms with Crippen LogP contribution in [0.1, 0.15) is 27.2 Å². The molecule has 0 radical (unpaired) electrons. The molecule has 0 amide bonds. The lowest BCUT2D eigenvalue weighted by molar-refractivity contribution is -0.396. The van der Waals surface area contributed by atoms with E-state index in [1.54, 1.807) is 0 Å². The van der Waals surface area contributed by atoms with Crippen LogP contribution in [0.3, 0.4) is 0 Å². The molecule has 0 aromatic heterocycles. The Morgan fingerprint density at radius 2 is 1.10 bits per heavy atom. The van der Waals surface area contributed by atoms with E-state index in [1.807, 2.05) is 0 Å². The first kappa shape index (κ1) is 20.1. The molecule has 0 bridgehead atoms. The van der Waals surface area contributed by atoms with E-state index in [2.05, 4.69) is 0 Å². The van der Waals surface area contributed by atoms with Crippen LogP contribution in [0.5, 0.6) is 0 Å². The molecule has 20 heavy (non-hydrogen) atoms. The number of halogens is 10. The molecule has 122 valence electrons. The molecule has 0 saturated carbocycles. The summed E-state index contributed by atoms with van der Waals surface area (Å²) >= 11 is 1.32. The summed E-state index contributed by atoms with van der Waals surface area (Å²) in [4.78, 5) is 0. The normalized spacial score (nSPS) is 17.2. The predicted molar refractivity (Wildman–Crippen MR) is 62.8 cm³/mol. The molecule has 0 rings (SSSR count). The summed E-state index contributed by atoms with van der Waals surface area (Å²) in [6, 6.07) is 0. The summed E-state index contributed by atoms with van der Waals surface area (Å²) in [6.45, 7) is 4.13. The fourth-order valence-electron chi connectivity index (χ4n) is 1.07. The van der Waals surface area contributed by atoms with Crippen LogP contribution in [0.15, 0.2) is 0 Å². The third-order valence-corrected chi connectivity index (χ3v) is 4.89. The molecule has 10 heteroatoms. The Labute approximate surface area is 123 Å². The molecule has 0 spiro atoms. The van der Waals surface area contributed by atoms with E-state index in [-0.39, 0.29) is 0 Å². The van der Waals surface area contributed by atoms with Crippen LogP contribution in [-0.2, 0) is 0 Å². The molecule has 0 aromatic carbocycles. The van der Waals surface area contributed by atoms with Crippen molar-refractivity contribution in [3.63, 3.8) is 0 Å². The molecule has 0 N–H and O–H groups in total. The third-order valence-electron chi connectivity index (χ3n) is 2.59. The summed E-state index contributed by atoms with van der Waals surface area (Å²) in [7, 11) is 0. The number of alkyl halides is 10. The van der Waals surface area contributed by atoms with E-state index < -0.39 is 39.7 Å². The Kier molecular flexibility index (Phi) is 5.41. The van der Waals surface area contributed by atoms with Gasteiger partial charge < -0.3 is 0 Å². The van der Waals surface area contributed by atoms with Crippen molar-refractivity contribution in [1.29, 1.82) is 0 Å². The molecular formula is C10H12F9I. The van der Waals surface area contributed by atoms with E-state index in [0.717, 1.165) is 0 Å². The molecular weight excluding hydrogens is 418 g/mol. The highest BCUT2D eigenvalue weighted by atomic mass is 127. The maximum atomic E-state index is 13.3. The van der Waals surface area contributed by atoms with Crippen molar-refractivity contribution in [2.24, 2.45) is 5.41 Å². The Morgan fingerprint density at radius 1 is 0.750 bits per heavy atom. The van der Waals surface area contributed by atoms with Crippen molar-refractivity contribution in [3.8, 4) is 0 Å². The molecule has 0 heterocycles. The van der Waals surface area contributed by atoms with Gasteiger partial charge in [-0.15, -0.1) is 0 Å². The largest absolute Gasteiger partial charge is 0.460 e. The van der Waals surface area contributed by atoms with Crippen LogP contribution in [-0.4, -0.2) is 27.9 Å². The molecule has 0 fully saturated rings. The second-order valence-corrected chi connectivity index (χ2v) is 6.89. The van der Waals surface area contributed by atoms with Crippen molar-refractivity contribution in [2.75, 3.05) is 0 Å². The van der Waals surface area contributed by atoms with Gasteiger partial charge >= 0.3 is 23.9 Å². The van der Waals surface area contributed by atoms with E-state index in [9.17, 15) is 39.5 Å². The molecule has 0 aliphatic rings. The lowest BCUT2D eigenvalue weighted by atomic mass is 9.86. The SMILES string of the molecule is CC(C)(C)[C@H](I)CC(F)(F)C(F)(F)C(F)(F)C(F)(F)F. The van der Waals surface area contributed by atoms with Gasteiger partial charge in [0, 0.05) is 10.3 Å². The fourth-order valence-corrected chi connectivity index (χ4v) is 1.62. The minimum absolute atomic E-state index is 0.965. The molecule has 0 nitrogen and oxygen atoms in total. The number of hydrogen-bond donors (Lipinski definition) is 0. The first-order valence-corrected chi connectivity index (χ1v) is 6.47. The van der Waals surface area contributed by atoms with Gasteiger partial charge in [0.2, 0.25) is 0 Å². The summed E-state index contributed by atoms with van der Waals surface area (Å²) in [6.07, 6.45) is -8.56. The average Bonchev–Trinajstić information content (AvgIpc) is 2.12. The first-order valence-electron chi connectivity index (χ1n) is 5.22. The summed E-state index contributed by atoms with van der Waals surface area (Å²) in [5.41, 5.74) is -0.965. The number of hydrogen-bond acceptors (Lipinski definition) is 0. The molecule has 1 atom stereocenters. The highest BCUT2D eigenvalue weighted by Gasteiger charge is 2.81. The highest BCUT2D eigenvalue weighted by molar-refractivity contribution is 14.1. The van der Waals surface area contributed by atoms with Crippen LogP contribution in [0.2, 0.25) is 0 Å². The van der Waals surface area contributed by atoms with Gasteiger partial charge in [-0.3, -0.25) is 0 Å². The molecule has 0 unspecified atom stereocenters. The topological polar surface area (TPSA) is 0 Å². The first-order chi connectivity index (χ1) is 8.38. The minimum atomic E-state index is -6.81. The van der Waals surface area contributed by atoms with E-state index in [0.29, 0.717) is 0 Å². The van der Waals surface area contributed by atoms with E-state index in [4.69, 9.17) is 0 Å². The van der Waals surface area contributed by atoms with Gasteiger partial charge in [0.05, 0.1) is 0 Å².